The predicted molar refractivity (Wildman–Crippen MR) is 77.5 cm³/mol. The largest absolute Gasteiger partial charge is 0.489 e. The second kappa shape index (κ2) is 6.05. The van der Waals surface area contributed by atoms with Crippen molar-refractivity contribution in [1.29, 1.82) is 5.41 Å². The van der Waals surface area contributed by atoms with Crippen LogP contribution in [0, 0.1) is 5.41 Å². The Balaban J connectivity index is 2.14. The first-order valence-electron chi connectivity index (χ1n) is 6.28. The van der Waals surface area contributed by atoms with Gasteiger partial charge in [-0.15, -0.1) is 0 Å². The van der Waals surface area contributed by atoms with E-state index < -0.39 is 0 Å². The molecule has 0 radical (unpaired) electrons. The molecule has 2 aromatic carbocycles. The van der Waals surface area contributed by atoms with Crippen LogP contribution in [-0.2, 0) is 6.61 Å². The SMILES string of the molecule is CC(C(=N)N)c1ccccc1OCc1ccccc1. The third kappa shape index (κ3) is 3.35. The maximum Gasteiger partial charge on any atom is 0.123 e. The van der Waals surface area contributed by atoms with E-state index in [-0.39, 0.29) is 11.8 Å². The van der Waals surface area contributed by atoms with Crippen LogP contribution in [0.5, 0.6) is 5.75 Å². The van der Waals surface area contributed by atoms with Crippen molar-refractivity contribution in [3.05, 3.63) is 65.7 Å². The minimum Gasteiger partial charge on any atom is -0.489 e. The van der Waals surface area contributed by atoms with E-state index in [1.54, 1.807) is 0 Å². The first-order valence-corrected chi connectivity index (χ1v) is 6.28. The zero-order chi connectivity index (χ0) is 13.7. The minimum absolute atomic E-state index is 0.132. The second-order valence-corrected chi connectivity index (χ2v) is 4.49. The highest BCUT2D eigenvalue weighted by molar-refractivity contribution is 5.84. The summed E-state index contributed by atoms with van der Waals surface area (Å²) in [7, 11) is 0. The number of hydrogen-bond donors (Lipinski definition) is 2. The third-order valence-electron chi connectivity index (χ3n) is 3.09. The fourth-order valence-electron chi connectivity index (χ4n) is 1.87. The summed E-state index contributed by atoms with van der Waals surface area (Å²) in [4.78, 5) is 0. The predicted octanol–water partition coefficient (Wildman–Crippen LogP) is 3.31. The van der Waals surface area contributed by atoms with Crippen molar-refractivity contribution in [1.82, 2.24) is 0 Å². The molecule has 0 bridgehead atoms. The van der Waals surface area contributed by atoms with Crippen molar-refractivity contribution < 1.29 is 4.74 Å². The molecule has 0 aromatic heterocycles. The Morgan fingerprint density at radius 3 is 2.42 bits per heavy atom. The molecule has 0 saturated carbocycles. The van der Waals surface area contributed by atoms with Crippen LogP contribution in [-0.4, -0.2) is 5.84 Å². The summed E-state index contributed by atoms with van der Waals surface area (Å²) >= 11 is 0. The molecule has 0 amide bonds. The van der Waals surface area contributed by atoms with Crippen LogP contribution >= 0.6 is 0 Å². The molecule has 1 atom stereocenters. The zero-order valence-corrected chi connectivity index (χ0v) is 11.0. The van der Waals surface area contributed by atoms with Gasteiger partial charge in [0.25, 0.3) is 0 Å². The number of nitrogens with one attached hydrogen (secondary N) is 1. The van der Waals surface area contributed by atoms with Gasteiger partial charge in [-0.05, 0) is 11.6 Å². The van der Waals surface area contributed by atoms with E-state index in [1.165, 1.54) is 0 Å². The molecule has 19 heavy (non-hydrogen) atoms. The van der Waals surface area contributed by atoms with Gasteiger partial charge in [0.05, 0.1) is 5.84 Å². The second-order valence-electron chi connectivity index (χ2n) is 4.49. The van der Waals surface area contributed by atoms with Crippen LogP contribution in [0.1, 0.15) is 24.0 Å². The summed E-state index contributed by atoms with van der Waals surface area (Å²) in [5, 5.41) is 7.55. The highest BCUT2D eigenvalue weighted by Gasteiger charge is 2.13. The van der Waals surface area contributed by atoms with Crippen molar-refractivity contribution in [2.24, 2.45) is 5.73 Å². The normalized spacial score (nSPS) is 11.8. The number of para-hydroxylation sites is 1. The van der Waals surface area contributed by atoms with Gasteiger partial charge in [-0.3, -0.25) is 5.41 Å². The van der Waals surface area contributed by atoms with Gasteiger partial charge >= 0.3 is 0 Å². The quantitative estimate of drug-likeness (QED) is 0.635. The summed E-state index contributed by atoms with van der Waals surface area (Å²) in [5.41, 5.74) is 7.64. The van der Waals surface area contributed by atoms with Crippen LogP contribution in [0.15, 0.2) is 54.6 Å². The smallest absolute Gasteiger partial charge is 0.123 e. The van der Waals surface area contributed by atoms with Gasteiger partial charge < -0.3 is 10.5 Å². The number of ether oxygens (including phenoxy) is 1. The number of benzene rings is 2. The van der Waals surface area contributed by atoms with Crippen molar-refractivity contribution in [3.8, 4) is 5.75 Å². The highest BCUT2D eigenvalue weighted by atomic mass is 16.5. The molecule has 0 fully saturated rings. The van der Waals surface area contributed by atoms with E-state index in [0.29, 0.717) is 6.61 Å². The number of amidine groups is 1. The number of nitrogens with two attached hydrogens (primary N) is 1. The molecule has 0 saturated heterocycles. The van der Waals surface area contributed by atoms with E-state index in [0.717, 1.165) is 16.9 Å². The molecule has 0 spiro atoms. The monoisotopic (exact) mass is 254 g/mol. The third-order valence-corrected chi connectivity index (χ3v) is 3.09. The lowest BCUT2D eigenvalue weighted by molar-refractivity contribution is 0.302. The Morgan fingerprint density at radius 2 is 1.74 bits per heavy atom. The summed E-state index contributed by atoms with van der Waals surface area (Å²) in [6.45, 7) is 2.43. The van der Waals surface area contributed by atoms with Crippen LogP contribution < -0.4 is 10.5 Å². The van der Waals surface area contributed by atoms with E-state index in [2.05, 4.69) is 0 Å². The molecule has 3 N–H and O–H groups in total. The molecular weight excluding hydrogens is 236 g/mol. The maximum absolute atomic E-state index is 7.55. The van der Waals surface area contributed by atoms with Crippen molar-refractivity contribution in [2.75, 3.05) is 0 Å². The lowest BCUT2D eigenvalue weighted by Crippen LogP contribution is -2.18. The molecule has 0 aliphatic rings. The van der Waals surface area contributed by atoms with Crippen molar-refractivity contribution >= 4 is 5.84 Å². The van der Waals surface area contributed by atoms with E-state index in [1.807, 2.05) is 61.5 Å². The molecular formula is C16H18N2O. The van der Waals surface area contributed by atoms with Gasteiger partial charge in [0.15, 0.2) is 0 Å². The summed E-state index contributed by atoms with van der Waals surface area (Å²) in [6, 6.07) is 17.7. The molecule has 2 rings (SSSR count). The van der Waals surface area contributed by atoms with Gasteiger partial charge in [-0.25, -0.2) is 0 Å². The molecule has 3 nitrogen and oxygen atoms in total. The topological polar surface area (TPSA) is 59.1 Å². The Morgan fingerprint density at radius 1 is 1.11 bits per heavy atom. The molecule has 2 aromatic rings. The molecule has 0 aliphatic carbocycles. The Labute approximate surface area is 113 Å². The number of rotatable bonds is 5. The van der Waals surface area contributed by atoms with E-state index >= 15 is 0 Å². The summed E-state index contributed by atoms with van der Waals surface area (Å²) < 4.78 is 5.84. The van der Waals surface area contributed by atoms with E-state index in [4.69, 9.17) is 15.9 Å². The average molecular weight is 254 g/mol. The van der Waals surface area contributed by atoms with Crippen LogP contribution in [0.25, 0.3) is 0 Å². The fourth-order valence-corrected chi connectivity index (χ4v) is 1.87. The van der Waals surface area contributed by atoms with Crippen LogP contribution in [0.2, 0.25) is 0 Å². The number of hydrogen-bond acceptors (Lipinski definition) is 2. The molecule has 0 heterocycles. The van der Waals surface area contributed by atoms with Gasteiger partial charge in [0.2, 0.25) is 0 Å². The van der Waals surface area contributed by atoms with Gasteiger partial charge in [0, 0.05) is 11.5 Å². The Kier molecular flexibility index (Phi) is 4.18. The van der Waals surface area contributed by atoms with Gasteiger partial charge in [0.1, 0.15) is 12.4 Å². The first-order chi connectivity index (χ1) is 9.18. The first kappa shape index (κ1) is 13.1. The fraction of sp³-hybridized carbons (Fsp3) is 0.188. The molecule has 0 aliphatic heterocycles. The Bertz CT molecular complexity index is 552. The van der Waals surface area contributed by atoms with Crippen LogP contribution in [0.3, 0.4) is 0 Å². The summed E-state index contributed by atoms with van der Waals surface area (Å²) in [6.07, 6.45) is 0. The molecule has 3 heteroatoms. The Hall–Kier alpha value is -2.29. The van der Waals surface area contributed by atoms with Crippen molar-refractivity contribution in [2.45, 2.75) is 19.4 Å². The zero-order valence-electron chi connectivity index (χ0n) is 11.0. The van der Waals surface area contributed by atoms with Crippen molar-refractivity contribution in [3.63, 3.8) is 0 Å². The van der Waals surface area contributed by atoms with Crippen LogP contribution in [0.4, 0.5) is 0 Å². The lowest BCUT2D eigenvalue weighted by atomic mass is 9.99. The molecule has 1 unspecified atom stereocenters. The average Bonchev–Trinajstić information content (AvgIpc) is 2.45. The lowest BCUT2D eigenvalue weighted by Gasteiger charge is -2.16. The van der Waals surface area contributed by atoms with E-state index in [9.17, 15) is 0 Å². The standard InChI is InChI=1S/C16H18N2O/c1-12(16(17)18)14-9-5-6-10-15(14)19-11-13-7-3-2-4-8-13/h2-10,12H,11H2,1H3,(H3,17,18). The van der Waals surface area contributed by atoms with Gasteiger partial charge in [-0.1, -0.05) is 55.5 Å². The van der Waals surface area contributed by atoms with Gasteiger partial charge in [-0.2, -0.15) is 0 Å². The maximum atomic E-state index is 7.55. The summed E-state index contributed by atoms with van der Waals surface area (Å²) in [5.74, 6) is 0.803. The molecule has 98 valence electrons. The highest BCUT2D eigenvalue weighted by Crippen LogP contribution is 2.26. The minimum atomic E-state index is -0.132.